The van der Waals surface area contributed by atoms with E-state index in [-0.39, 0.29) is 11.7 Å². The van der Waals surface area contributed by atoms with E-state index in [9.17, 15) is 13.6 Å². The molecule has 0 bridgehead atoms. The summed E-state index contributed by atoms with van der Waals surface area (Å²) >= 11 is 6.01. The molecule has 2 rings (SSSR count). The van der Waals surface area contributed by atoms with Crippen molar-refractivity contribution in [1.82, 2.24) is 15.5 Å². The molecule has 2 aromatic carbocycles. The van der Waals surface area contributed by atoms with Crippen LogP contribution in [0, 0.1) is 0 Å². The van der Waals surface area contributed by atoms with Crippen molar-refractivity contribution in [1.29, 1.82) is 0 Å². The smallest absolute Gasteiger partial charge is 0.387 e. The summed E-state index contributed by atoms with van der Waals surface area (Å²) in [4.78, 5) is 18.2. The Morgan fingerprint density at radius 3 is 2.41 bits per heavy atom. The molecule has 0 atom stereocenters. The standard InChI is InChI=1S/C20H23ClF2N4O2/c1-24-20(26-12-11-25-18(28)16-5-3-4-6-17(16)21)27(2)13-14-7-9-15(10-8-14)29-19(22)23/h3-10,19H,11-13H2,1-2H3,(H,24,26)(H,25,28). The van der Waals surface area contributed by atoms with Gasteiger partial charge >= 0.3 is 6.61 Å². The fraction of sp³-hybridized carbons (Fsp3) is 0.300. The summed E-state index contributed by atoms with van der Waals surface area (Å²) in [7, 11) is 3.50. The molecule has 0 radical (unpaired) electrons. The number of alkyl halides is 2. The molecular formula is C20H23ClF2N4O2. The van der Waals surface area contributed by atoms with Crippen molar-refractivity contribution >= 4 is 23.5 Å². The SMILES string of the molecule is CN=C(NCCNC(=O)c1ccccc1Cl)N(C)Cc1ccc(OC(F)F)cc1. The molecule has 0 unspecified atom stereocenters. The Kier molecular flexibility index (Phi) is 8.67. The molecule has 2 aromatic rings. The maximum Gasteiger partial charge on any atom is 0.387 e. The topological polar surface area (TPSA) is 66.0 Å². The van der Waals surface area contributed by atoms with Gasteiger partial charge in [-0.1, -0.05) is 35.9 Å². The van der Waals surface area contributed by atoms with Crippen LogP contribution in [0.15, 0.2) is 53.5 Å². The number of benzene rings is 2. The average Bonchev–Trinajstić information content (AvgIpc) is 2.69. The summed E-state index contributed by atoms with van der Waals surface area (Å²) in [6, 6.07) is 13.3. The van der Waals surface area contributed by atoms with Crippen LogP contribution in [-0.2, 0) is 6.54 Å². The van der Waals surface area contributed by atoms with Gasteiger partial charge < -0.3 is 20.3 Å². The Morgan fingerprint density at radius 1 is 1.14 bits per heavy atom. The van der Waals surface area contributed by atoms with Crippen molar-refractivity contribution in [2.24, 2.45) is 4.99 Å². The highest BCUT2D eigenvalue weighted by atomic mass is 35.5. The monoisotopic (exact) mass is 424 g/mol. The lowest BCUT2D eigenvalue weighted by atomic mass is 10.2. The maximum absolute atomic E-state index is 12.2. The first-order valence-corrected chi connectivity index (χ1v) is 9.26. The molecule has 29 heavy (non-hydrogen) atoms. The summed E-state index contributed by atoms with van der Waals surface area (Å²) in [5, 5.41) is 6.35. The van der Waals surface area contributed by atoms with Gasteiger partial charge in [0.15, 0.2) is 5.96 Å². The quantitative estimate of drug-likeness (QED) is 0.387. The predicted octanol–water partition coefficient (Wildman–Crippen LogP) is 3.38. The summed E-state index contributed by atoms with van der Waals surface area (Å²) in [6.07, 6.45) is 0. The van der Waals surface area contributed by atoms with Gasteiger partial charge in [-0.25, -0.2) is 0 Å². The number of guanidine groups is 1. The van der Waals surface area contributed by atoms with Gasteiger partial charge in [-0.2, -0.15) is 8.78 Å². The number of rotatable bonds is 8. The number of nitrogens with zero attached hydrogens (tertiary/aromatic N) is 2. The van der Waals surface area contributed by atoms with Crippen molar-refractivity contribution in [3.8, 4) is 5.75 Å². The summed E-state index contributed by atoms with van der Waals surface area (Å²) in [5.41, 5.74) is 1.33. The molecule has 2 N–H and O–H groups in total. The lowest BCUT2D eigenvalue weighted by Crippen LogP contribution is -2.42. The van der Waals surface area contributed by atoms with Crippen LogP contribution >= 0.6 is 11.6 Å². The van der Waals surface area contributed by atoms with Gasteiger partial charge in [-0.15, -0.1) is 0 Å². The highest BCUT2D eigenvalue weighted by Gasteiger charge is 2.10. The first-order valence-electron chi connectivity index (χ1n) is 8.89. The van der Waals surface area contributed by atoms with Crippen molar-refractivity contribution < 1.29 is 18.3 Å². The van der Waals surface area contributed by atoms with Gasteiger partial charge in [0.25, 0.3) is 5.91 Å². The van der Waals surface area contributed by atoms with E-state index >= 15 is 0 Å². The minimum Gasteiger partial charge on any atom is -0.435 e. The Labute approximate surface area is 173 Å². The largest absolute Gasteiger partial charge is 0.435 e. The lowest BCUT2D eigenvalue weighted by Gasteiger charge is -2.22. The lowest BCUT2D eigenvalue weighted by molar-refractivity contribution is -0.0498. The summed E-state index contributed by atoms with van der Waals surface area (Å²) in [5.74, 6) is 0.500. The molecule has 6 nitrogen and oxygen atoms in total. The zero-order valence-corrected chi connectivity index (χ0v) is 16.9. The first kappa shape index (κ1) is 22.4. The van der Waals surface area contributed by atoms with E-state index in [4.69, 9.17) is 11.6 Å². The van der Waals surface area contributed by atoms with Gasteiger partial charge in [0.1, 0.15) is 5.75 Å². The Balaban J connectivity index is 1.79. The third-order valence-corrected chi connectivity index (χ3v) is 4.28. The maximum atomic E-state index is 12.2. The molecule has 0 saturated carbocycles. The Hall–Kier alpha value is -2.87. The van der Waals surface area contributed by atoms with Gasteiger partial charge in [0, 0.05) is 33.7 Å². The normalized spacial score (nSPS) is 11.3. The second kappa shape index (κ2) is 11.2. The summed E-state index contributed by atoms with van der Waals surface area (Å²) < 4.78 is 28.8. The highest BCUT2D eigenvalue weighted by Crippen LogP contribution is 2.16. The molecule has 0 aliphatic rings. The molecule has 0 fully saturated rings. The summed E-state index contributed by atoms with van der Waals surface area (Å²) in [6.45, 7) is -1.48. The van der Waals surface area contributed by atoms with E-state index in [1.807, 2.05) is 11.9 Å². The van der Waals surface area contributed by atoms with Crippen LogP contribution in [0.2, 0.25) is 5.02 Å². The minimum atomic E-state index is -2.84. The highest BCUT2D eigenvalue weighted by molar-refractivity contribution is 6.33. The number of ether oxygens (including phenoxy) is 1. The Morgan fingerprint density at radius 2 is 1.79 bits per heavy atom. The number of aliphatic imine (C=N–C) groups is 1. The van der Waals surface area contributed by atoms with Gasteiger partial charge in [0.05, 0.1) is 10.6 Å². The van der Waals surface area contributed by atoms with Crippen molar-refractivity contribution in [3.63, 3.8) is 0 Å². The molecule has 0 heterocycles. The average molecular weight is 425 g/mol. The number of hydrogen-bond acceptors (Lipinski definition) is 3. The van der Waals surface area contributed by atoms with E-state index in [2.05, 4.69) is 20.4 Å². The number of carbonyl (C=O) groups is 1. The third kappa shape index (κ3) is 7.23. The molecule has 0 saturated heterocycles. The van der Waals surface area contributed by atoms with Crippen LogP contribution in [0.5, 0.6) is 5.75 Å². The fourth-order valence-electron chi connectivity index (χ4n) is 2.60. The second-order valence-electron chi connectivity index (χ2n) is 6.09. The van der Waals surface area contributed by atoms with E-state index in [1.54, 1.807) is 43.4 Å². The zero-order chi connectivity index (χ0) is 21.2. The van der Waals surface area contributed by atoms with E-state index in [1.165, 1.54) is 12.1 Å². The minimum absolute atomic E-state index is 0.114. The van der Waals surface area contributed by atoms with Crippen LogP contribution in [-0.4, -0.2) is 50.6 Å². The number of carbonyl (C=O) groups excluding carboxylic acids is 1. The van der Waals surface area contributed by atoms with E-state index in [0.717, 1.165) is 5.56 Å². The molecule has 156 valence electrons. The molecular weight excluding hydrogens is 402 g/mol. The first-order chi connectivity index (χ1) is 13.9. The molecule has 0 aliphatic heterocycles. The van der Waals surface area contributed by atoms with Crippen molar-refractivity contribution in [2.45, 2.75) is 13.2 Å². The van der Waals surface area contributed by atoms with Crippen LogP contribution < -0.4 is 15.4 Å². The number of amides is 1. The van der Waals surface area contributed by atoms with E-state index in [0.29, 0.717) is 36.2 Å². The van der Waals surface area contributed by atoms with Gasteiger partial charge in [-0.05, 0) is 29.8 Å². The van der Waals surface area contributed by atoms with Gasteiger partial charge in [0.2, 0.25) is 0 Å². The van der Waals surface area contributed by atoms with Crippen LogP contribution in [0.4, 0.5) is 8.78 Å². The van der Waals surface area contributed by atoms with Crippen LogP contribution in [0.25, 0.3) is 0 Å². The fourth-order valence-corrected chi connectivity index (χ4v) is 2.82. The predicted molar refractivity (Wildman–Crippen MR) is 110 cm³/mol. The second-order valence-corrected chi connectivity index (χ2v) is 6.50. The molecule has 9 heteroatoms. The number of nitrogens with one attached hydrogen (secondary N) is 2. The van der Waals surface area contributed by atoms with E-state index < -0.39 is 6.61 Å². The number of hydrogen-bond donors (Lipinski definition) is 2. The Bertz CT molecular complexity index is 831. The van der Waals surface area contributed by atoms with Crippen LogP contribution in [0.3, 0.4) is 0 Å². The molecule has 1 amide bonds. The third-order valence-electron chi connectivity index (χ3n) is 3.95. The van der Waals surface area contributed by atoms with Crippen LogP contribution in [0.1, 0.15) is 15.9 Å². The molecule has 0 spiro atoms. The number of halogens is 3. The molecule has 0 aromatic heterocycles. The zero-order valence-electron chi connectivity index (χ0n) is 16.2. The van der Waals surface area contributed by atoms with Crippen molar-refractivity contribution in [2.75, 3.05) is 27.2 Å². The van der Waals surface area contributed by atoms with Gasteiger partial charge in [-0.3, -0.25) is 9.79 Å². The van der Waals surface area contributed by atoms with Crippen molar-refractivity contribution in [3.05, 3.63) is 64.7 Å². The molecule has 0 aliphatic carbocycles.